The molecule has 1 amide bonds. The van der Waals surface area contributed by atoms with Crippen molar-refractivity contribution >= 4 is 28.9 Å². The van der Waals surface area contributed by atoms with E-state index in [1.54, 1.807) is 39.3 Å². The van der Waals surface area contributed by atoms with Gasteiger partial charge in [-0.2, -0.15) is 0 Å². The van der Waals surface area contributed by atoms with Gasteiger partial charge < -0.3 is 14.8 Å². The van der Waals surface area contributed by atoms with Gasteiger partial charge in [-0.1, -0.05) is 11.6 Å². The lowest BCUT2D eigenvalue weighted by Gasteiger charge is -2.25. The number of halogens is 1. The first kappa shape index (κ1) is 21.5. The Morgan fingerprint density at radius 3 is 2.50 bits per heavy atom. The third-order valence-corrected chi connectivity index (χ3v) is 4.59. The first-order valence-electron chi connectivity index (χ1n) is 8.42. The molecule has 0 heterocycles. The molecule has 0 saturated heterocycles. The quantitative estimate of drug-likeness (QED) is 0.529. The Hall–Kier alpha value is -2.84. The molecular formula is C19H22ClN3O5. The van der Waals surface area contributed by atoms with Gasteiger partial charge in [0.15, 0.2) is 0 Å². The zero-order chi connectivity index (χ0) is 20.8. The van der Waals surface area contributed by atoms with Crippen molar-refractivity contribution in [2.75, 3.05) is 26.6 Å². The molecular weight excluding hydrogens is 386 g/mol. The first-order chi connectivity index (χ1) is 13.3. The Bertz CT molecular complexity index is 875. The van der Waals surface area contributed by atoms with Crippen molar-refractivity contribution in [1.29, 1.82) is 0 Å². The summed E-state index contributed by atoms with van der Waals surface area (Å²) in [6, 6.07) is 8.83. The molecule has 0 bridgehead atoms. The van der Waals surface area contributed by atoms with Crippen LogP contribution < -0.4 is 14.8 Å². The van der Waals surface area contributed by atoms with E-state index in [0.717, 1.165) is 5.56 Å². The van der Waals surface area contributed by atoms with E-state index in [9.17, 15) is 14.9 Å². The number of rotatable bonds is 8. The van der Waals surface area contributed by atoms with Crippen molar-refractivity contribution in [1.82, 2.24) is 4.90 Å². The Morgan fingerprint density at radius 2 is 1.89 bits per heavy atom. The van der Waals surface area contributed by atoms with Crippen LogP contribution in [0.4, 0.5) is 11.4 Å². The summed E-state index contributed by atoms with van der Waals surface area (Å²) in [5, 5.41) is 14.2. The minimum absolute atomic E-state index is 0.118. The number of ether oxygens (including phenoxy) is 2. The molecule has 0 aliphatic heterocycles. The van der Waals surface area contributed by atoms with E-state index in [1.807, 2.05) is 4.90 Å². The Kier molecular flexibility index (Phi) is 7.19. The Morgan fingerprint density at radius 1 is 1.21 bits per heavy atom. The van der Waals surface area contributed by atoms with Crippen LogP contribution in [0, 0.1) is 10.1 Å². The summed E-state index contributed by atoms with van der Waals surface area (Å²) in [6.07, 6.45) is 0. The van der Waals surface area contributed by atoms with E-state index in [2.05, 4.69) is 5.32 Å². The number of amides is 1. The molecule has 28 heavy (non-hydrogen) atoms. The number of hydrogen-bond donors (Lipinski definition) is 1. The number of anilines is 1. The summed E-state index contributed by atoms with van der Waals surface area (Å²) in [5.74, 6) is 0.616. The normalized spacial score (nSPS) is 11.8. The van der Waals surface area contributed by atoms with E-state index in [4.69, 9.17) is 21.1 Å². The molecule has 0 spiro atoms. The zero-order valence-electron chi connectivity index (χ0n) is 16.1. The van der Waals surface area contributed by atoms with Crippen LogP contribution in [0.25, 0.3) is 0 Å². The molecule has 0 unspecified atom stereocenters. The number of nitrogens with zero attached hydrogens (tertiary/aromatic N) is 2. The van der Waals surface area contributed by atoms with Crippen LogP contribution in [0.2, 0.25) is 5.02 Å². The van der Waals surface area contributed by atoms with E-state index < -0.39 is 11.0 Å². The molecule has 0 saturated carbocycles. The number of carbonyl (C=O) groups is 1. The summed E-state index contributed by atoms with van der Waals surface area (Å²) in [6.45, 7) is 2.19. The smallest absolute Gasteiger partial charge is 0.273 e. The standard InChI is InChI=1S/C19H22ClN3O5/c1-12(22(2)11-13-9-14(20)5-8-17(13)27-3)19(24)21-16-7-6-15(23(25)26)10-18(16)28-4/h5-10,12H,11H2,1-4H3,(H,21,24)/t12-/m0/s1. The summed E-state index contributed by atoms with van der Waals surface area (Å²) < 4.78 is 10.5. The predicted octanol–water partition coefficient (Wildman–Crippen LogP) is 3.72. The molecule has 9 heteroatoms. The summed E-state index contributed by atoms with van der Waals surface area (Å²) in [5.41, 5.74) is 1.09. The molecule has 2 aromatic rings. The van der Waals surface area contributed by atoms with Gasteiger partial charge in [0, 0.05) is 23.2 Å². The maximum Gasteiger partial charge on any atom is 0.273 e. The first-order valence-corrected chi connectivity index (χ1v) is 8.80. The van der Waals surface area contributed by atoms with Gasteiger partial charge >= 0.3 is 0 Å². The van der Waals surface area contributed by atoms with Gasteiger partial charge in [0.1, 0.15) is 11.5 Å². The second-order valence-electron chi connectivity index (χ2n) is 6.18. The third-order valence-electron chi connectivity index (χ3n) is 4.36. The minimum Gasteiger partial charge on any atom is -0.496 e. The van der Waals surface area contributed by atoms with Gasteiger partial charge in [-0.15, -0.1) is 0 Å². The van der Waals surface area contributed by atoms with Crippen LogP contribution in [-0.2, 0) is 11.3 Å². The number of non-ortho nitro benzene ring substituents is 1. The predicted molar refractivity (Wildman–Crippen MR) is 107 cm³/mol. The van der Waals surface area contributed by atoms with Crippen molar-refractivity contribution in [3.63, 3.8) is 0 Å². The summed E-state index contributed by atoms with van der Waals surface area (Å²) >= 11 is 6.06. The molecule has 2 aromatic carbocycles. The molecule has 150 valence electrons. The van der Waals surface area contributed by atoms with Crippen molar-refractivity contribution in [2.24, 2.45) is 0 Å². The fourth-order valence-electron chi connectivity index (χ4n) is 2.61. The van der Waals surface area contributed by atoms with Crippen LogP contribution >= 0.6 is 11.6 Å². The van der Waals surface area contributed by atoms with Crippen molar-refractivity contribution in [2.45, 2.75) is 19.5 Å². The highest BCUT2D eigenvalue weighted by atomic mass is 35.5. The number of methoxy groups -OCH3 is 2. The van der Waals surface area contributed by atoms with Gasteiger partial charge in [-0.25, -0.2) is 0 Å². The highest BCUT2D eigenvalue weighted by Crippen LogP contribution is 2.29. The highest BCUT2D eigenvalue weighted by Gasteiger charge is 2.21. The molecule has 0 radical (unpaired) electrons. The van der Waals surface area contributed by atoms with Crippen LogP contribution in [0.5, 0.6) is 11.5 Å². The molecule has 0 aliphatic rings. The molecule has 8 nitrogen and oxygen atoms in total. The molecule has 0 fully saturated rings. The summed E-state index contributed by atoms with van der Waals surface area (Å²) in [4.78, 5) is 24.8. The fraction of sp³-hybridized carbons (Fsp3) is 0.316. The minimum atomic E-state index is -0.525. The Labute approximate surface area is 168 Å². The van der Waals surface area contributed by atoms with E-state index in [0.29, 0.717) is 23.0 Å². The molecule has 1 atom stereocenters. The average Bonchev–Trinajstić information content (AvgIpc) is 2.67. The third kappa shape index (κ3) is 5.11. The largest absolute Gasteiger partial charge is 0.496 e. The average molecular weight is 408 g/mol. The lowest BCUT2D eigenvalue weighted by atomic mass is 10.1. The lowest BCUT2D eigenvalue weighted by Crippen LogP contribution is -2.39. The Balaban J connectivity index is 2.12. The molecule has 2 rings (SSSR count). The second kappa shape index (κ2) is 9.38. The fourth-order valence-corrected chi connectivity index (χ4v) is 2.81. The maximum absolute atomic E-state index is 12.7. The van der Waals surface area contributed by atoms with Gasteiger partial charge in [0.25, 0.3) is 5.69 Å². The molecule has 1 N–H and O–H groups in total. The molecule has 0 aromatic heterocycles. The van der Waals surface area contributed by atoms with Crippen LogP contribution in [-0.4, -0.2) is 43.0 Å². The maximum atomic E-state index is 12.7. The number of likely N-dealkylation sites (N-methyl/N-ethyl adjacent to an activating group) is 1. The topological polar surface area (TPSA) is 93.9 Å². The monoisotopic (exact) mass is 407 g/mol. The van der Waals surface area contributed by atoms with Crippen LogP contribution in [0.15, 0.2) is 36.4 Å². The van der Waals surface area contributed by atoms with Crippen molar-refractivity contribution in [3.8, 4) is 11.5 Å². The van der Waals surface area contributed by atoms with Gasteiger partial charge in [-0.3, -0.25) is 19.8 Å². The number of nitro benzene ring substituents is 1. The number of carbonyl (C=O) groups excluding carboxylic acids is 1. The highest BCUT2D eigenvalue weighted by molar-refractivity contribution is 6.30. The number of nitro groups is 1. The SMILES string of the molecule is COc1ccc(Cl)cc1CN(C)[C@@H](C)C(=O)Nc1ccc([N+](=O)[O-])cc1OC. The van der Waals surface area contributed by atoms with Crippen molar-refractivity contribution < 1.29 is 19.2 Å². The van der Waals surface area contributed by atoms with Gasteiger partial charge in [0.2, 0.25) is 5.91 Å². The number of hydrogen-bond acceptors (Lipinski definition) is 6. The zero-order valence-corrected chi connectivity index (χ0v) is 16.8. The number of benzene rings is 2. The molecule has 0 aliphatic carbocycles. The van der Waals surface area contributed by atoms with Crippen LogP contribution in [0.3, 0.4) is 0 Å². The van der Waals surface area contributed by atoms with Gasteiger partial charge in [0.05, 0.1) is 36.9 Å². The van der Waals surface area contributed by atoms with Crippen LogP contribution in [0.1, 0.15) is 12.5 Å². The van der Waals surface area contributed by atoms with E-state index in [-0.39, 0.29) is 17.3 Å². The second-order valence-corrected chi connectivity index (χ2v) is 6.61. The van der Waals surface area contributed by atoms with Gasteiger partial charge in [-0.05, 0) is 38.2 Å². The lowest BCUT2D eigenvalue weighted by molar-refractivity contribution is -0.384. The summed E-state index contributed by atoms with van der Waals surface area (Å²) in [7, 11) is 4.76. The van der Waals surface area contributed by atoms with E-state index in [1.165, 1.54) is 25.3 Å². The van der Waals surface area contributed by atoms with Crippen molar-refractivity contribution in [3.05, 3.63) is 57.1 Å². The van der Waals surface area contributed by atoms with E-state index >= 15 is 0 Å². The number of nitrogens with one attached hydrogen (secondary N) is 1.